The molecule has 104 valence electrons. The topological polar surface area (TPSA) is 75.7 Å². The molecule has 8 heteroatoms. The minimum atomic E-state index is -3.52. The van der Waals surface area contributed by atoms with Crippen molar-refractivity contribution >= 4 is 28.3 Å². The Bertz CT molecular complexity index is 420. The largest absolute Gasteiger partial charge is 0.504 e. The molecule has 0 amide bonds. The summed E-state index contributed by atoms with van der Waals surface area (Å²) in [6.45, 7) is -1.40. The first-order valence-electron chi connectivity index (χ1n) is 4.64. The average Bonchev–Trinajstić information content (AvgIpc) is 2.30. The molecule has 4 nitrogen and oxygen atoms in total. The Kier molecular flexibility index (Phi) is 6.28. The van der Waals surface area contributed by atoms with Gasteiger partial charge in [0.05, 0.1) is 7.11 Å². The van der Waals surface area contributed by atoms with Crippen molar-refractivity contribution in [3.05, 3.63) is 22.2 Å². The number of alkyl halides is 2. The van der Waals surface area contributed by atoms with E-state index in [9.17, 15) is 13.9 Å². The van der Waals surface area contributed by atoms with Gasteiger partial charge >= 0.3 is 0 Å². The summed E-state index contributed by atoms with van der Waals surface area (Å²) >= 11 is 3.09. The molecule has 0 aliphatic rings. The predicted octanol–water partition coefficient (Wildman–Crippen LogP) is 2.21. The van der Waals surface area contributed by atoms with Gasteiger partial charge in [0.15, 0.2) is 11.5 Å². The second-order valence-electron chi connectivity index (χ2n) is 3.44. The molecule has 1 atom stereocenters. The lowest BCUT2D eigenvalue weighted by Gasteiger charge is -2.23. The minimum Gasteiger partial charge on any atom is -0.504 e. The Morgan fingerprint density at radius 2 is 2.06 bits per heavy atom. The Hall–Kier alpha value is -0.630. The summed E-state index contributed by atoms with van der Waals surface area (Å²) < 4.78 is 31.7. The lowest BCUT2D eigenvalue weighted by atomic mass is 10.0. The Morgan fingerprint density at radius 3 is 2.50 bits per heavy atom. The van der Waals surface area contributed by atoms with Crippen LogP contribution in [-0.2, 0) is 0 Å². The number of rotatable bonds is 4. The minimum absolute atomic E-state index is 0. The number of ether oxygens (including phenoxy) is 1. The molecule has 1 aromatic rings. The van der Waals surface area contributed by atoms with Gasteiger partial charge in [-0.3, -0.25) is 0 Å². The fraction of sp³-hybridized carbons (Fsp3) is 0.400. The van der Waals surface area contributed by atoms with Gasteiger partial charge in [0.25, 0.3) is 5.92 Å². The lowest BCUT2D eigenvalue weighted by Crippen LogP contribution is -2.36. The number of hydrogen-bond donors (Lipinski definition) is 3. The van der Waals surface area contributed by atoms with E-state index in [2.05, 4.69) is 15.9 Å². The van der Waals surface area contributed by atoms with E-state index < -0.39 is 24.3 Å². The van der Waals surface area contributed by atoms with Crippen LogP contribution in [0.4, 0.5) is 8.78 Å². The highest BCUT2D eigenvalue weighted by molar-refractivity contribution is 9.10. The highest BCUT2D eigenvalue weighted by atomic mass is 79.9. The van der Waals surface area contributed by atoms with Gasteiger partial charge in [-0.15, -0.1) is 12.4 Å². The van der Waals surface area contributed by atoms with Crippen LogP contribution in [0.1, 0.15) is 11.6 Å². The van der Waals surface area contributed by atoms with Crippen molar-refractivity contribution in [2.75, 3.05) is 13.7 Å². The fourth-order valence-corrected chi connectivity index (χ4v) is 1.77. The van der Waals surface area contributed by atoms with Crippen LogP contribution in [0.2, 0.25) is 0 Å². The zero-order chi connectivity index (χ0) is 13.2. The van der Waals surface area contributed by atoms with Crippen molar-refractivity contribution in [3.63, 3.8) is 0 Å². The van der Waals surface area contributed by atoms with Crippen LogP contribution in [0.3, 0.4) is 0 Å². The predicted molar refractivity (Wildman–Crippen MR) is 68.6 cm³/mol. The van der Waals surface area contributed by atoms with Crippen molar-refractivity contribution in [2.45, 2.75) is 12.0 Å². The van der Waals surface area contributed by atoms with Crippen LogP contribution in [0.15, 0.2) is 16.6 Å². The molecule has 0 heterocycles. The Morgan fingerprint density at radius 1 is 1.50 bits per heavy atom. The molecule has 0 fully saturated rings. The summed E-state index contributed by atoms with van der Waals surface area (Å²) in [5.74, 6) is -3.96. The summed E-state index contributed by atoms with van der Waals surface area (Å²) in [4.78, 5) is 0. The van der Waals surface area contributed by atoms with Gasteiger partial charge in [0.2, 0.25) is 0 Å². The molecule has 1 rings (SSSR count). The van der Waals surface area contributed by atoms with E-state index in [0.717, 1.165) is 0 Å². The molecule has 18 heavy (non-hydrogen) atoms. The third kappa shape index (κ3) is 3.44. The molecule has 0 saturated carbocycles. The van der Waals surface area contributed by atoms with E-state index in [1.54, 1.807) is 0 Å². The summed E-state index contributed by atoms with van der Waals surface area (Å²) in [6, 6.07) is 0.855. The highest BCUT2D eigenvalue weighted by Gasteiger charge is 2.39. The summed E-state index contributed by atoms with van der Waals surface area (Å²) in [5.41, 5.74) is 5.13. The standard InChI is InChI=1S/C10H12BrF2NO3.ClH/c1-17-7-3-5(11)2-6(8(7)16)9(14)10(12,13)4-15;/h2-3,9,15-16H,4,14H2,1H3;1H/t9-;/m1./s1. The first-order valence-corrected chi connectivity index (χ1v) is 5.43. The molecule has 0 aromatic heterocycles. The van der Waals surface area contributed by atoms with E-state index in [1.807, 2.05) is 0 Å². The third-order valence-electron chi connectivity index (χ3n) is 2.29. The van der Waals surface area contributed by atoms with Crippen LogP contribution in [0.5, 0.6) is 11.5 Å². The summed E-state index contributed by atoms with van der Waals surface area (Å²) in [5, 5.41) is 18.3. The van der Waals surface area contributed by atoms with Gasteiger partial charge < -0.3 is 20.7 Å². The van der Waals surface area contributed by atoms with Gasteiger partial charge in [-0.1, -0.05) is 15.9 Å². The number of aliphatic hydroxyl groups excluding tert-OH is 1. The van der Waals surface area contributed by atoms with Crippen LogP contribution in [0.25, 0.3) is 0 Å². The number of benzene rings is 1. The van der Waals surface area contributed by atoms with E-state index in [4.69, 9.17) is 15.6 Å². The van der Waals surface area contributed by atoms with Crippen molar-refractivity contribution in [3.8, 4) is 11.5 Å². The third-order valence-corrected chi connectivity index (χ3v) is 2.75. The fourth-order valence-electron chi connectivity index (χ4n) is 1.31. The monoisotopic (exact) mass is 347 g/mol. The van der Waals surface area contributed by atoms with Crippen LogP contribution in [-0.4, -0.2) is 29.9 Å². The number of methoxy groups -OCH3 is 1. The van der Waals surface area contributed by atoms with Crippen molar-refractivity contribution < 1.29 is 23.7 Å². The number of nitrogens with two attached hydrogens (primary N) is 1. The van der Waals surface area contributed by atoms with E-state index in [-0.39, 0.29) is 23.7 Å². The second kappa shape index (κ2) is 6.51. The van der Waals surface area contributed by atoms with E-state index in [0.29, 0.717) is 4.47 Å². The number of phenols is 1. The molecule has 0 unspecified atom stereocenters. The lowest BCUT2D eigenvalue weighted by molar-refractivity contribution is -0.0716. The highest BCUT2D eigenvalue weighted by Crippen LogP contribution is 2.40. The Labute approximate surface area is 117 Å². The summed E-state index contributed by atoms with van der Waals surface area (Å²) in [6.07, 6.45) is 0. The van der Waals surface area contributed by atoms with Crippen molar-refractivity contribution in [2.24, 2.45) is 5.73 Å². The molecular weight excluding hydrogens is 335 g/mol. The zero-order valence-corrected chi connectivity index (χ0v) is 11.8. The molecule has 0 aliphatic heterocycles. The molecule has 4 N–H and O–H groups in total. The molecule has 0 saturated heterocycles. The molecule has 1 aromatic carbocycles. The second-order valence-corrected chi connectivity index (χ2v) is 4.36. The molecule has 0 aliphatic carbocycles. The van der Waals surface area contributed by atoms with Crippen LogP contribution < -0.4 is 10.5 Å². The maximum absolute atomic E-state index is 13.2. The van der Waals surface area contributed by atoms with Gasteiger partial charge in [-0.2, -0.15) is 0 Å². The van der Waals surface area contributed by atoms with E-state index >= 15 is 0 Å². The average molecular weight is 349 g/mol. The SMILES string of the molecule is COc1cc(Br)cc([C@@H](N)C(F)(F)CO)c1O.Cl. The van der Waals surface area contributed by atoms with Gasteiger partial charge in [0, 0.05) is 10.0 Å². The first-order chi connectivity index (χ1) is 7.83. The van der Waals surface area contributed by atoms with Gasteiger partial charge in [-0.25, -0.2) is 8.78 Å². The normalized spacial score (nSPS) is 12.8. The smallest absolute Gasteiger partial charge is 0.289 e. The zero-order valence-electron chi connectivity index (χ0n) is 9.36. The van der Waals surface area contributed by atoms with Crippen molar-refractivity contribution in [1.29, 1.82) is 0 Å². The molecule has 0 spiro atoms. The maximum Gasteiger partial charge on any atom is 0.289 e. The van der Waals surface area contributed by atoms with Crippen LogP contribution >= 0.6 is 28.3 Å². The first kappa shape index (κ1) is 17.4. The summed E-state index contributed by atoms with van der Waals surface area (Å²) in [7, 11) is 1.29. The van der Waals surface area contributed by atoms with Crippen LogP contribution in [0, 0.1) is 0 Å². The van der Waals surface area contributed by atoms with Gasteiger partial charge in [-0.05, 0) is 12.1 Å². The number of hydrogen-bond acceptors (Lipinski definition) is 4. The maximum atomic E-state index is 13.2. The number of phenolic OH excluding ortho intramolecular Hbond substituents is 1. The number of aromatic hydroxyl groups is 1. The van der Waals surface area contributed by atoms with E-state index in [1.165, 1.54) is 19.2 Å². The number of aliphatic hydroxyl groups is 1. The molecule has 0 radical (unpaired) electrons. The number of halogens is 4. The Balaban J connectivity index is 0.00000289. The molecular formula is C10H13BrClF2NO3. The van der Waals surface area contributed by atoms with Crippen molar-refractivity contribution in [1.82, 2.24) is 0 Å². The quantitative estimate of drug-likeness (QED) is 0.780. The molecule has 0 bridgehead atoms. The van der Waals surface area contributed by atoms with Gasteiger partial charge in [0.1, 0.15) is 12.6 Å².